The molecule has 0 bridgehead atoms. The average Bonchev–Trinajstić information content (AvgIpc) is 2.90. The van der Waals surface area contributed by atoms with Crippen molar-refractivity contribution in [3.63, 3.8) is 0 Å². The van der Waals surface area contributed by atoms with E-state index in [2.05, 4.69) is 0 Å². The molecule has 1 aromatic carbocycles. The first-order valence-electron chi connectivity index (χ1n) is 7.67. The van der Waals surface area contributed by atoms with Crippen LogP contribution in [0.2, 0.25) is 0 Å². The van der Waals surface area contributed by atoms with Crippen molar-refractivity contribution in [3.8, 4) is 0 Å². The lowest BCUT2D eigenvalue weighted by molar-refractivity contribution is 0.0640. The second-order valence-electron chi connectivity index (χ2n) is 5.99. The SMILES string of the molecule is Cc1ccc2oc(C(=O)N3CCCC(CCN)C3)cc2c1. The molecule has 0 aliphatic carbocycles. The Bertz CT molecular complexity index is 645. The summed E-state index contributed by atoms with van der Waals surface area (Å²) in [5, 5.41) is 0.994. The fourth-order valence-electron chi connectivity index (χ4n) is 3.14. The Kier molecular flexibility index (Phi) is 3.97. The van der Waals surface area contributed by atoms with Crippen molar-refractivity contribution < 1.29 is 9.21 Å². The third-order valence-corrected chi connectivity index (χ3v) is 4.26. The van der Waals surface area contributed by atoms with Gasteiger partial charge < -0.3 is 15.1 Å². The molecule has 1 aromatic heterocycles. The van der Waals surface area contributed by atoms with Crippen LogP contribution in [0.5, 0.6) is 0 Å². The van der Waals surface area contributed by atoms with E-state index in [1.165, 1.54) is 12.0 Å². The van der Waals surface area contributed by atoms with Gasteiger partial charge in [0, 0.05) is 18.5 Å². The Hall–Kier alpha value is -1.81. The molecule has 4 nitrogen and oxygen atoms in total. The molecule has 3 rings (SSSR count). The molecule has 4 heteroatoms. The van der Waals surface area contributed by atoms with Gasteiger partial charge in [0.25, 0.3) is 5.91 Å². The first-order chi connectivity index (χ1) is 10.2. The minimum absolute atomic E-state index is 0.00516. The average molecular weight is 286 g/mol. The molecule has 2 heterocycles. The van der Waals surface area contributed by atoms with Gasteiger partial charge in [0.05, 0.1) is 0 Å². The van der Waals surface area contributed by atoms with Gasteiger partial charge in [-0.25, -0.2) is 0 Å². The number of likely N-dealkylation sites (tertiary alicyclic amines) is 1. The number of carbonyl (C=O) groups is 1. The van der Waals surface area contributed by atoms with Crippen molar-refractivity contribution in [2.75, 3.05) is 19.6 Å². The summed E-state index contributed by atoms with van der Waals surface area (Å²) in [6.07, 6.45) is 3.21. The zero-order valence-corrected chi connectivity index (χ0v) is 12.5. The first kappa shape index (κ1) is 14.1. The fourth-order valence-corrected chi connectivity index (χ4v) is 3.14. The fraction of sp³-hybridized carbons (Fsp3) is 0.471. The van der Waals surface area contributed by atoms with E-state index in [-0.39, 0.29) is 5.91 Å². The number of fused-ring (bicyclic) bond motifs is 1. The Labute approximate surface area is 124 Å². The van der Waals surface area contributed by atoms with Crippen LogP contribution in [0.1, 0.15) is 35.4 Å². The van der Waals surface area contributed by atoms with Gasteiger partial charge in [0.15, 0.2) is 5.76 Å². The van der Waals surface area contributed by atoms with E-state index in [1.807, 2.05) is 36.1 Å². The maximum atomic E-state index is 12.6. The second-order valence-corrected chi connectivity index (χ2v) is 5.99. The van der Waals surface area contributed by atoms with Crippen LogP contribution >= 0.6 is 0 Å². The number of benzene rings is 1. The number of amides is 1. The normalized spacial score (nSPS) is 19.1. The Morgan fingerprint density at radius 2 is 2.29 bits per heavy atom. The molecule has 2 aromatic rings. The lowest BCUT2D eigenvalue weighted by Crippen LogP contribution is -2.40. The van der Waals surface area contributed by atoms with Gasteiger partial charge in [0.1, 0.15) is 5.58 Å². The van der Waals surface area contributed by atoms with E-state index in [9.17, 15) is 4.79 Å². The summed E-state index contributed by atoms with van der Waals surface area (Å²) in [5.41, 5.74) is 7.58. The molecule has 1 atom stereocenters. The van der Waals surface area contributed by atoms with E-state index in [4.69, 9.17) is 10.2 Å². The van der Waals surface area contributed by atoms with Crippen LogP contribution in [0, 0.1) is 12.8 Å². The van der Waals surface area contributed by atoms with Crippen LogP contribution in [-0.4, -0.2) is 30.4 Å². The molecule has 0 radical (unpaired) electrons. The maximum Gasteiger partial charge on any atom is 0.289 e. The van der Waals surface area contributed by atoms with Gasteiger partial charge in [0.2, 0.25) is 0 Å². The largest absolute Gasteiger partial charge is 0.451 e. The monoisotopic (exact) mass is 286 g/mol. The molecule has 1 amide bonds. The number of nitrogens with zero attached hydrogens (tertiary/aromatic N) is 1. The quantitative estimate of drug-likeness (QED) is 0.943. The number of hydrogen-bond acceptors (Lipinski definition) is 3. The molecule has 21 heavy (non-hydrogen) atoms. The van der Waals surface area contributed by atoms with Gasteiger partial charge >= 0.3 is 0 Å². The van der Waals surface area contributed by atoms with E-state index < -0.39 is 0 Å². The molecular weight excluding hydrogens is 264 g/mol. The highest BCUT2D eigenvalue weighted by atomic mass is 16.3. The number of furan rings is 1. The Balaban J connectivity index is 1.79. The van der Waals surface area contributed by atoms with Crippen LogP contribution in [-0.2, 0) is 0 Å². The Morgan fingerprint density at radius 1 is 1.43 bits per heavy atom. The van der Waals surface area contributed by atoms with Gasteiger partial charge in [-0.2, -0.15) is 0 Å². The zero-order valence-electron chi connectivity index (χ0n) is 12.5. The molecule has 0 spiro atoms. The smallest absolute Gasteiger partial charge is 0.289 e. The summed E-state index contributed by atoms with van der Waals surface area (Å²) < 4.78 is 5.72. The molecule has 1 unspecified atom stereocenters. The maximum absolute atomic E-state index is 12.6. The van der Waals surface area contributed by atoms with Gasteiger partial charge in [-0.1, -0.05) is 11.6 Å². The lowest BCUT2D eigenvalue weighted by Gasteiger charge is -2.32. The van der Waals surface area contributed by atoms with Crippen molar-refractivity contribution in [1.29, 1.82) is 0 Å². The van der Waals surface area contributed by atoms with E-state index >= 15 is 0 Å². The van der Waals surface area contributed by atoms with Crippen molar-refractivity contribution in [3.05, 3.63) is 35.6 Å². The third-order valence-electron chi connectivity index (χ3n) is 4.26. The van der Waals surface area contributed by atoms with Crippen molar-refractivity contribution in [1.82, 2.24) is 4.90 Å². The second kappa shape index (κ2) is 5.90. The molecule has 112 valence electrons. The topological polar surface area (TPSA) is 59.5 Å². The number of aryl methyl sites for hydroxylation is 1. The predicted molar refractivity (Wildman–Crippen MR) is 83.2 cm³/mol. The summed E-state index contributed by atoms with van der Waals surface area (Å²) in [6, 6.07) is 7.83. The number of carbonyl (C=O) groups excluding carboxylic acids is 1. The highest BCUT2D eigenvalue weighted by Crippen LogP contribution is 2.24. The van der Waals surface area contributed by atoms with Crippen molar-refractivity contribution in [2.24, 2.45) is 11.7 Å². The van der Waals surface area contributed by atoms with E-state index in [0.29, 0.717) is 18.2 Å². The predicted octanol–water partition coefficient (Wildman–Crippen LogP) is 2.94. The highest BCUT2D eigenvalue weighted by molar-refractivity contribution is 5.96. The molecule has 1 saturated heterocycles. The van der Waals surface area contributed by atoms with Crippen molar-refractivity contribution >= 4 is 16.9 Å². The summed E-state index contributed by atoms with van der Waals surface area (Å²) in [7, 11) is 0. The van der Waals surface area contributed by atoms with Gasteiger partial charge in [-0.15, -0.1) is 0 Å². The minimum Gasteiger partial charge on any atom is -0.451 e. The number of hydrogen-bond donors (Lipinski definition) is 1. The summed E-state index contributed by atoms with van der Waals surface area (Å²) in [5.74, 6) is 0.980. The number of nitrogens with two attached hydrogens (primary N) is 1. The van der Waals surface area contributed by atoms with Gasteiger partial charge in [-0.05, 0) is 56.8 Å². The highest BCUT2D eigenvalue weighted by Gasteiger charge is 2.26. The lowest BCUT2D eigenvalue weighted by atomic mass is 9.95. The van der Waals surface area contributed by atoms with E-state index in [0.717, 1.165) is 36.9 Å². The van der Waals surface area contributed by atoms with E-state index in [1.54, 1.807) is 0 Å². The molecular formula is C17H22N2O2. The molecule has 2 N–H and O–H groups in total. The standard InChI is InChI=1S/C17H22N2O2/c1-12-4-5-15-14(9-12)10-16(21-15)17(20)19-8-2-3-13(11-19)6-7-18/h4-5,9-10,13H,2-3,6-8,11,18H2,1H3. The molecule has 0 saturated carbocycles. The van der Waals surface area contributed by atoms with Crippen LogP contribution in [0.15, 0.2) is 28.7 Å². The minimum atomic E-state index is 0.00516. The summed E-state index contributed by atoms with van der Waals surface area (Å²) in [4.78, 5) is 14.5. The molecule has 1 aliphatic rings. The third kappa shape index (κ3) is 2.95. The number of piperidine rings is 1. The van der Waals surface area contributed by atoms with Crippen LogP contribution in [0.3, 0.4) is 0 Å². The summed E-state index contributed by atoms with van der Waals surface area (Å²) >= 11 is 0. The first-order valence-corrected chi connectivity index (χ1v) is 7.67. The number of rotatable bonds is 3. The molecule has 1 fully saturated rings. The van der Waals surface area contributed by atoms with Crippen LogP contribution in [0.4, 0.5) is 0 Å². The van der Waals surface area contributed by atoms with Gasteiger partial charge in [-0.3, -0.25) is 4.79 Å². The summed E-state index contributed by atoms with van der Waals surface area (Å²) in [6.45, 7) is 4.34. The van der Waals surface area contributed by atoms with Crippen LogP contribution in [0.25, 0.3) is 11.0 Å². The zero-order chi connectivity index (χ0) is 14.8. The Morgan fingerprint density at radius 3 is 3.10 bits per heavy atom. The van der Waals surface area contributed by atoms with Crippen LogP contribution < -0.4 is 5.73 Å². The van der Waals surface area contributed by atoms with Crippen molar-refractivity contribution in [2.45, 2.75) is 26.2 Å². The molecule has 1 aliphatic heterocycles.